The van der Waals surface area contributed by atoms with Gasteiger partial charge in [0.05, 0.1) is 0 Å². The van der Waals surface area contributed by atoms with Crippen molar-refractivity contribution >= 4 is 5.82 Å². The van der Waals surface area contributed by atoms with Crippen LogP contribution in [0.3, 0.4) is 0 Å². The smallest absolute Gasteiger partial charge is 0.161 e. The molecule has 0 amide bonds. The molecule has 0 bridgehead atoms. The number of nitrogens with two attached hydrogens (primary N) is 1. The van der Waals surface area contributed by atoms with Gasteiger partial charge in [-0.15, -0.1) is 0 Å². The Balaban J connectivity index is 2.29. The van der Waals surface area contributed by atoms with Crippen molar-refractivity contribution in [2.24, 2.45) is 11.8 Å². The molecule has 0 unspecified atom stereocenters. The summed E-state index contributed by atoms with van der Waals surface area (Å²) in [5.41, 5.74) is 5.80. The molecular formula is C15H20N4. The van der Waals surface area contributed by atoms with Gasteiger partial charge in [0, 0.05) is 17.3 Å². The Morgan fingerprint density at radius 3 is 2.42 bits per heavy atom. The van der Waals surface area contributed by atoms with E-state index in [1.807, 2.05) is 13.0 Å². The van der Waals surface area contributed by atoms with Gasteiger partial charge in [0.1, 0.15) is 5.82 Å². The second-order valence-electron chi connectivity index (χ2n) is 5.16. The Bertz CT molecular complexity index is 547. The maximum absolute atomic E-state index is 5.40. The molecule has 1 aromatic carbocycles. The minimum Gasteiger partial charge on any atom is -0.308 e. The SMILES string of the molecule is Cc1cc(NN)nc(-c2ccc(CC(C)C)cc2)n1. The van der Waals surface area contributed by atoms with Gasteiger partial charge in [-0.3, -0.25) is 0 Å². The number of aryl methyl sites for hydroxylation is 1. The normalized spacial score (nSPS) is 10.8. The molecule has 0 saturated heterocycles. The Hall–Kier alpha value is -1.94. The van der Waals surface area contributed by atoms with Crippen LogP contribution in [0.2, 0.25) is 0 Å². The molecule has 0 aliphatic heterocycles. The number of nitrogen functional groups attached to an aromatic ring is 1. The van der Waals surface area contributed by atoms with E-state index in [-0.39, 0.29) is 0 Å². The van der Waals surface area contributed by atoms with Crippen LogP contribution in [0.4, 0.5) is 5.82 Å². The van der Waals surface area contributed by atoms with Gasteiger partial charge in [0.2, 0.25) is 0 Å². The molecule has 0 spiro atoms. The van der Waals surface area contributed by atoms with Crippen molar-refractivity contribution in [3.8, 4) is 11.4 Å². The van der Waals surface area contributed by atoms with Gasteiger partial charge in [-0.1, -0.05) is 38.1 Å². The van der Waals surface area contributed by atoms with E-state index in [4.69, 9.17) is 5.84 Å². The van der Waals surface area contributed by atoms with Crippen LogP contribution in [-0.4, -0.2) is 9.97 Å². The number of anilines is 1. The highest BCUT2D eigenvalue weighted by atomic mass is 15.3. The molecule has 19 heavy (non-hydrogen) atoms. The fourth-order valence-corrected chi connectivity index (χ4v) is 2.03. The molecule has 0 radical (unpaired) electrons. The van der Waals surface area contributed by atoms with Gasteiger partial charge >= 0.3 is 0 Å². The van der Waals surface area contributed by atoms with E-state index in [1.54, 1.807) is 0 Å². The molecular weight excluding hydrogens is 236 g/mol. The summed E-state index contributed by atoms with van der Waals surface area (Å²) in [7, 11) is 0. The van der Waals surface area contributed by atoms with Crippen molar-refractivity contribution in [2.75, 3.05) is 5.43 Å². The van der Waals surface area contributed by atoms with Gasteiger partial charge in [0.25, 0.3) is 0 Å². The minimum atomic E-state index is 0.633. The van der Waals surface area contributed by atoms with Crippen LogP contribution < -0.4 is 11.3 Å². The van der Waals surface area contributed by atoms with Crippen molar-refractivity contribution in [1.82, 2.24) is 9.97 Å². The number of hydrazine groups is 1. The van der Waals surface area contributed by atoms with Crippen LogP contribution >= 0.6 is 0 Å². The zero-order valence-corrected chi connectivity index (χ0v) is 11.6. The highest BCUT2D eigenvalue weighted by molar-refractivity contribution is 5.57. The van der Waals surface area contributed by atoms with E-state index in [0.29, 0.717) is 17.6 Å². The molecule has 0 aliphatic rings. The third-order valence-electron chi connectivity index (χ3n) is 2.86. The molecule has 1 heterocycles. The van der Waals surface area contributed by atoms with Crippen molar-refractivity contribution in [2.45, 2.75) is 27.2 Å². The first-order valence-electron chi connectivity index (χ1n) is 6.50. The number of hydrogen-bond acceptors (Lipinski definition) is 4. The summed E-state index contributed by atoms with van der Waals surface area (Å²) in [6.07, 6.45) is 1.09. The number of aromatic nitrogens is 2. The number of hydrogen-bond donors (Lipinski definition) is 2. The molecule has 3 N–H and O–H groups in total. The largest absolute Gasteiger partial charge is 0.308 e. The second-order valence-corrected chi connectivity index (χ2v) is 5.16. The van der Waals surface area contributed by atoms with Crippen molar-refractivity contribution in [3.63, 3.8) is 0 Å². The van der Waals surface area contributed by atoms with Crippen molar-refractivity contribution in [3.05, 3.63) is 41.6 Å². The Morgan fingerprint density at radius 2 is 1.84 bits per heavy atom. The molecule has 0 fully saturated rings. The van der Waals surface area contributed by atoms with Gasteiger partial charge in [0.15, 0.2) is 5.82 Å². The predicted octanol–water partition coefficient (Wildman–Crippen LogP) is 2.94. The van der Waals surface area contributed by atoms with Crippen molar-refractivity contribution in [1.29, 1.82) is 0 Å². The first-order valence-corrected chi connectivity index (χ1v) is 6.50. The zero-order valence-electron chi connectivity index (χ0n) is 11.6. The Kier molecular flexibility index (Phi) is 4.12. The van der Waals surface area contributed by atoms with Gasteiger partial charge in [-0.2, -0.15) is 0 Å². The van der Waals surface area contributed by atoms with Crippen LogP contribution in [0.5, 0.6) is 0 Å². The number of rotatable bonds is 4. The summed E-state index contributed by atoms with van der Waals surface area (Å²) in [5, 5.41) is 0. The lowest BCUT2D eigenvalue weighted by molar-refractivity contribution is 0.647. The Morgan fingerprint density at radius 1 is 1.16 bits per heavy atom. The van der Waals surface area contributed by atoms with Crippen LogP contribution in [0, 0.1) is 12.8 Å². The maximum atomic E-state index is 5.40. The first kappa shape index (κ1) is 13.5. The average Bonchev–Trinajstić information content (AvgIpc) is 2.38. The van der Waals surface area contributed by atoms with Crippen LogP contribution in [-0.2, 0) is 6.42 Å². The molecule has 100 valence electrons. The maximum Gasteiger partial charge on any atom is 0.161 e. The third kappa shape index (κ3) is 3.51. The van der Waals surface area contributed by atoms with E-state index < -0.39 is 0 Å². The number of nitrogens with one attached hydrogen (secondary N) is 1. The van der Waals surface area contributed by atoms with Crippen LogP contribution in [0.1, 0.15) is 25.1 Å². The van der Waals surface area contributed by atoms with E-state index in [2.05, 4.69) is 53.5 Å². The molecule has 4 heteroatoms. The second kappa shape index (κ2) is 5.80. The van der Waals surface area contributed by atoms with E-state index in [9.17, 15) is 0 Å². The molecule has 1 aromatic heterocycles. The molecule has 0 saturated carbocycles. The Labute approximate surface area is 114 Å². The summed E-state index contributed by atoms with van der Waals surface area (Å²) in [5.74, 6) is 7.40. The fraction of sp³-hybridized carbons (Fsp3) is 0.333. The van der Waals surface area contributed by atoms with Crippen LogP contribution in [0.25, 0.3) is 11.4 Å². The topological polar surface area (TPSA) is 63.8 Å². The fourth-order valence-electron chi connectivity index (χ4n) is 2.03. The highest BCUT2D eigenvalue weighted by Crippen LogP contribution is 2.19. The molecule has 2 rings (SSSR count). The number of benzene rings is 1. The van der Waals surface area contributed by atoms with Gasteiger partial charge < -0.3 is 5.43 Å². The molecule has 0 aliphatic carbocycles. The summed E-state index contributed by atoms with van der Waals surface area (Å²) >= 11 is 0. The summed E-state index contributed by atoms with van der Waals surface area (Å²) < 4.78 is 0. The highest BCUT2D eigenvalue weighted by Gasteiger charge is 2.05. The summed E-state index contributed by atoms with van der Waals surface area (Å²) in [6.45, 7) is 6.37. The average molecular weight is 256 g/mol. The first-order chi connectivity index (χ1) is 9.08. The van der Waals surface area contributed by atoms with E-state index in [1.165, 1.54) is 5.56 Å². The molecule has 4 nitrogen and oxygen atoms in total. The van der Waals surface area contributed by atoms with Crippen LogP contribution in [0.15, 0.2) is 30.3 Å². The summed E-state index contributed by atoms with van der Waals surface area (Å²) in [6, 6.07) is 10.2. The third-order valence-corrected chi connectivity index (χ3v) is 2.86. The summed E-state index contributed by atoms with van der Waals surface area (Å²) in [4.78, 5) is 8.80. The minimum absolute atomic E-state index is 0.633. The van der Waals surface area contributed by atoms with E-state index >= 15 is 0 Å². The van der Waals surface area contributed by atoms with Gasteiger partial charge in [-0.05, 0) is 24.8 Å². The quantitative estimate of drug-likeness (QED) is 0.652. The lowest BCUT2D eigenvalue weighted by Crippen LogP contribution is -2.10. The lowest BCUT2D eigenvalue weighted by atomic mass is 10.0. The predicted molar refractivity (Wildman–Crippen MR) is 78.6 cm³/mol. The zero-order chi connectivity index (χ0) is 13.8. The lowest BCUT2D eigenvalue weighted by Gasteiger charge is -2.07. The molecule has 0 atom stereocenters. The molecule has 2 aromatic rings. The monoisotopic (exact) mass is 256 g/mol. The van der Waals surface area contributed by atoms with E-state index in [0.717, 1.165) is 17.7 Å². The van der Waals surface area contributed by atoms with Crippen molar-refractivity contribution < 1.29 is 0 Å². The van der Waals surface area contributed by atoms with Gasteiger partial charge in [-0.25, -0.2) is 15.8 Å². The number of nitrogens with zero attached hydrogens (tertiary/aromatic N) is 2. The standard InChI is InChI=1S/C15H20N4/c1-10(2)8-12-4-6-13(7-5-12)15-17-11(3)9-14(18-15)19-16/h4-7,9-10H,8,16H2,1-3H3,(H,17,18,19).